The van der Waals surface area contributed by atoms with Crippen LogP contribution < -0.4 is 0 Å². The molecule has 1 unspecified atom stereocenters. The summed E-state index contributed by atoms with van der Waals surface area (Å²) in [6.45, 7) is 16.3. The standard InChI is InChI=1S/C19H35N5O/c1-6-16(19(3,4)5)13-18(25)23-10-8-9-22(11-12-23)14-17-20-15-21-24(17)7-2/h15-16H,6-14H2,1-5H3. The van der Waals surface area contributed by atoms with Crippen LogP contribution in [0.4, 0.5) is 0 Å². The predicted octanol–water partition coefficient (Wildman–Crippen LogP) is 2.79. The number of carbonyl (C=O) groups excluding carboxylic acids is 1. The highest BCUT2D eigenvalue weighted by Gasteiger charge is 2.28. The number of aryl methyl sites for hydroxylation is 1. The van der Waals surface area contributed by atoms with Crippen LogP contribution in [0.2, 0.25) is 0 Å². The van der Waals surface area contributed by atoms with Crippen molar-refractivity contribution in [2.24, 2.45) is 11.3 Å². The second-order valence-corrected chi connectivity index (χ2v) is 8.18. The first-order chi connectivity index (χ1) is 11.8. The minimum Gasteiger partial charge on any atom is -0.341 e. The van der Waals surface area contributed by atoms with Gasteiger partial charge < -0.3 is 4.90 Å². The van der Waals surface area contributed by atoms with E-state index in [1.165, 1.54) is 0 Å². The number of aromatic nitrogens is 3. The Labute approximate surface area is 152 Å². The highest BCUT2D eigenvalue weighted by molar-refractivity contribution is 5.76. The Morgan fingerprint density at radius 1 is 1.20 bits per heavy atom. The van der Waals surface area contributed by atoms with Crippen LogP contribution in [-0.2, 0) is 17.9 Å². The van der Waals surface area contributed by atoms with Gasteiger partial charge in [-0.3, -0.25) is 9.69 Å². The molecule has 1 amide bonds. The van der Waals surface area contributed by atoms with Gasteiger partial charge in [0, 0.05) is 39.1 Å². The second-order valence-electron chi connectivity index (χ2n) is 8.18. The molecule has 1 fully saturated rings. The number of carbonyl (C=O) groups is 1. The molecule has 0 radical (unpaired) electrons. The van der Waals surface area contributed by atoms with E-state index >= 15 is 0 Å². The zero-order valence-corrected chi connectivity index (χ0v) is 16.7. The fourth-order valence-electron chi connectivity index (χ4n) is 3.66. The van der Waals surface area contributed by atoms with Crippen molar-refractivity contribution in [1.82, 2.24) is 24.6 Å². The molecule has 25 heavy (non-hydrogen) atoms. The fraction of sp³-hybridized carbons (Fsp3) is 0.842. The molecule has 0 aromatic carbocycles. The predicted molar refractivity (Wildman–Crippen MR) is 100 cm³/mol. The van der Waals surface area contributed by atoms with Crippen molar-refractivity contribution in [2.45, 2.75) is 67.0 Å². The van der Waals surface area contributed by atoms with Crippen molar-refractivity contribution in [3.8, 4) is 0 Å². The molecule has 6 heteroatoms. The number of rotatable bonds is 6. The van der Waals surface area contributed by atoms with E-state index in [4.69, 9.17) is 0 Å². The molecule has 2 heterocycles. The lowest BCUT2D eigenvalue weighted by atomic mass is 9.77. The van der Waals surface area contributed by atoms with Gasteiger partial charge in [-0.15, -0.1) is 0 Å². The summed E-state index contributed by atoms with van der Waals surface area (Å²) in [6.07, 6.45) is 4.38. The zero-order chi connectivity index (χ0) is 18.4. The van der Waals surface area contributed by atoms with Gasteiger partial charge in [-0.1, -0.05) is 34.1 Å². The van der Waals surface area contributed by atoms with Crippen molar-refractivity contribution in [1.29, 1.82) is 0 Å². The molecule has 0 bridgehead atoms. The van der Waals surface area contributed by atoms with Crippen molar-refractivity contribution >= 4 is 5.91 Å². The average Bonchev–Trinajstić information content (AvgIpc) is 2.87. The fourth-order valence-corrected chi connectivity index (χ4v) is 3.66. The van der Waals surface area contributed by atoms with E-state index in [0.717, 1.165) is 57.9 Å². The van der Waals surface area contributed by atoms with Gasteiger partial charge in [-0.2, -0.15) is 5.10 Å². The molecular formula is C19H35N5O. The maximum Gasteiger partial charge on any atom is 0.222 e. The smallest absolute Gasteiger partial charge is 0.222 e. The van der Waals surface area contributed by atoms with Crippen molar-refractivity contribution in [2.75, 3.05) is 26.2 Å². The van der Waals surface area contributed by atoms with E-state index in [1.54, 1.807) is 6.33 Å². The van der Waals surface area contributed by atoms with Crippen LogP contribution in [0.1, 0.15) is 59.7 Å². The quantitative estimate of drug-likeness (QED) is 0.792. The third-order valence-electron chi connectivity index (χ3n) is 5.44. The van der Waals surface area contributed by atoms with Crippen LogP contribution in [-0.4, -0.2) is 56.7 Å². The molecule has 1 aromatic heterocycles. The van der Waals surface area contributed by atoms with Crippen LogP contribution >= 0.6 is 0 Å². The monoisotopic (exact) mass is 349 g/mol. The molecule has 142 valence electrons. The molecule has 1 saturated heterocycles. The topological polar surface area (TPSA) is 54.3 Å². The summed E-state index contributed by atoms with van der Waals surface area (Å²) in [5.41, 5.74) is 0.187. The Balaban J connectivity index is 1.89. The van der Waals surface area contributed by atoms with Gasteiger partial charge in [0.25, 0.3) is 0 Å². The molecular weight excluding hydrogens is 314 g/mol. The molecule has 2 rings (SSSR count). The lowest BCUT2D eigenvalue weighted by molar-refractivity contribution is -0.133. The molecule has 1 aliphatic rings. The minimum absolute atomic E-state index is 0.187. The summed E-state index contributed by atoms with van der Waals surface area (Å²) in [5, 5.41) is 4.25. The summed E-state index contributed by atoms with van der Waals surface area (Å²) in [4.78, 5) is 21.6. The van der Waals surface area contributed by atoms with Crippen molar-refractivity contribution < 1.29 is 4.79 Å². The number of hydrogen-bond donors (Lipinski definition) is 0. The average molecular weight is 350 g/mol. The summed E-state index contributed by atoms with van der Waals surface area (Å²) in [6, 6.07) is 0. The Morgan fingerprint density at radius 2 is 1.96 bits per heavy atom. The van der Waals surface area contributed by atoms with E-state index in [0.29, 0.717) is 18.2 Å². The van der Waals surface area contributed by atoms with Crippen LogP contribution in [0.3, 0.4) is 0 Å². The van der Waals surface area contributed by atoms with Gasteiger partial charge in [-0.05, 0) is 24.7 Å². The maximum atomic E-state index is 12.8. The van der Waals surface area contributed by atoms with Gasteiger partial charge in [0.1, 0.15) is 12.2 Å². The third-order valence-corrected chi connectivity index (χ3v) is 5.44. The van der Waals surface area contributed by atoms with Crippen LogP contribution in [0.25, 0.3) is 0 Å². The van der Waals surface area contributed by atoms with Gasteiger partial charge in [-0.25, -0.2) is 9.67 Å². The second kappa shape index (κ2) is 8.79. The maximum absolute atomic E-state index is 12.8. The van der Waals surface area contributed by atoms with Crippen molar-refractivity contribution in [3.05, 3.63) is 12.2 Å². The highest BCUT2D eigenvalue weighted by atomic mass is 16.2. The first-order valence-corrected chi connectivity index (χ1v) is 9.72. The van der Waals surface area contributed by atoms with Gasteiger partial charge in [0.15, 0.2) is 0 Å². The summed E-state index contributed by atoms with van der Waals surface area (Å²) < 4.78 is 1.95. The van der Waals surface area contributed by atoms with Crippen LogP contribution in [0, 0.1) is 11.3 Å². The Morgan fingerprint density at radius 3 is 2.60 bits per heavy atom. The lowest BCUT2D eigenvalue weighted by Gasteiger charge is -2.31. The van der Waals surface area contributed by atoms with Gasteiger partial charge >= 0.3 is 0 Å². The molecule has 1 aliphatic heterocycles. The number of amides is 1. The van der Waals surface area contributed by atoms with E-state index in [9.17, 15) is 4.79 Å². The lowest BCUT2D eigenvalue weighted by Crippen LogP contribution is -2.37. The van der Waals surface area contributed by atoms with E-state index in [-0.39, 0.29) is 5.41 Å². The molecule has 1 aromatic rings. The number of nitrogens with zero attached hydrogens (tertiary/aromatic N) is 5. The largest absolute Gasteiger partial charge is 0.341 e. The first-order valence-electron chi connectivity index (χ1n) is 9.72. The molecule has 0 spiro atoms. The van der Waals surface area contributed by atoms with Gasteiger partial charge in [0.2, 0.25) is 5.91 Å². The van der Waals surface area contributed by atoms with E-state index in [1.807, 2.05) is 4.68 Å². The molecule has 1 atom stereocenters. The Bertz CT molecular complexity index is 548. The minimum atomic E-state index is 0.187. The SMILES string of the molecule is CCC(CC(=O)N1CCCN(Cc2ncnn2CC)CC1)C(C)(C)C. The zero-order valence-electron chi connectivity index (χ0n) is 16.7. The Hall–Kier alpha value is -1.43. The summed E-state index contributed by atoms with van der Waals surface area (Å²) in [5.74, 6) is 1.78. The van der Waals surface area contributed by atoms with E-state index in [2.05, 4.69) is 54.5 Å². The van der Waals surface area contributed by atoms with Crippen LogP contribution in [0.15, 0.2) is 6.33 Å². The molecule has 0 saturated carbocycles. The van der Waals surface area contributed by atoms with Gasteiger partial charge in [0.05, 0.1) is 6.54 Å². The molecule has 6 nitrogen and oxygen atoms in total. The Kier molecular flexibility index (Phi) is 6.99. The van der Waals surface area contributed by atoms with E-state index < -0.39 is 0 Å². The normalized spacial score (nSPS) is 18.2. The molecule has 0 aliphatic carbocycles. The summed E-state index contributed by atoms with van der Waals surface area (Å²) in [7, 11) is 0. The first kappa shape index (κ1) is 19.9. The molecule has 0 N–H and O–H groups in total. The highest BCUT2D eigenvalue weighted by Crippen LogP contribution is 2.31. The third kappa shape index (κ3) is 5.53. The number of hydrogen-bond acceptors (Lipinski definition) is 4. The van der Waals surface area contributed by atoms with Crippen LogP contribution in [0.5, 0.6) is 0 Å². The summed E-state index contributed by atoms with van der Waals surface area (Å²) >= 11 is 0. The van der Waals surface area contributed by atoms with Crippen molar-refractivity contribution in [3.63, 3.8) is 0 Å².